The molecule has 0 spiro atoms. The van der Waals surface area contributed by atoms with E-state index in [1.165, 1.54) is 31.2 Å². The topological polar surface area (TPSA) is 245 Å². The normalized spacial score (nSPS) is 36.6. The molecule has 15 nitrogen and oxygen atoms in total. The first-order chi connectivity index (χ1) is 19.8. The molecule has 42 heavy (non-hydrogen) atoms. The van der Waals surface area contributed by atoms with E-state index >= 15 is 0 Å². The molecular formula is C27H32O15. The van der Waals surface area contributed by atoms with Crippen molar-refractivity contribution in [3.63, 3.8) is 0 Å². The number of phenolic OH excluding ortho intramolecular Hbond substituents is 3. The largest absolute Gasteiger partial charge is 0.507 e. The van der Waals surface area contributed by atoms with Gasteiger partial charge in [-0.05, 0) is 24.6 Å². The summed E-state index contributed by atoms with van der Waals surface area (Å²) in [6.45, 7) is 0.949. The smallest absolute Gasteiger partial charge is 0.229 e. The third-order valence-electron chi connectivity index (χ3n) is 7.50. The molecule has 0 amide bonds. The van der Waals surface area contributed by atoms with Gasteiger partial charge in [0, 0.05) is 12.1 Å². The van der Waals surface area contributed by atoms with Crippen molar-refractivity contribution in [2.75, 3.05) is 6.61 Å². The number of rotatable bonds is 6. The molecule has 0 radical (unpaired) electrons. The molecule has 2 saturated heterocycles. The summed E-state index contributed by atoms with van der Waals surface area (Å²) in [5.74, 6) is -1.96. The Kier molecular flexibility index (Phi) is 8.48. The highest BCUT2D eigenvalue weighted by Crippen LogP contribution is 2.43. The van der Waals surface area contributed by atoms with Crippen molar-refractivity contribution in [3.8, 4) is 28.7 Å². The second-order valence-electron chi connectivity index (χ2n) is 10.4. The van der Waals surface area contributed by atoms with E-state index < -0.39 is 91.4 Å². The summed E-state index contributed by atoms with van der Waals surface area (Å²) in [4.78, 5) is 12.8. The molecule has 0 aromatic heterocycles. The molecular weight excluding hydrogens is 564 g/mol. The van der Waals surface area contributed by atoms with Crippen molar-refractivity contribution < 1.29 is 74.4 Å². The summed E-state index contributed by atoms with van der Waals surface area (Å²) >= 11 is 0. The van der Waals surface area contributed by atoms with Crippen LogP contribution in [0, 0.1) is 0 Å². The van der Waals surface area contributed by atoms with Gasteiger partial charge >= 0.3 is 0 Å². The first kappa shape index (κ1) is 30.2. The molecule has 0 unspecified atom stereocenters. The second kappa shape index (κ2) is 11.8. The van der Waals surface area contributed by atoms with Crippen LogP contribution in [0.25, 0.3) is 0 Å². The average molecular weight is 597 g/mol. The summed E-state index contributed by atoms with van der Waals surface area (Å²) in [6.07, 6.45) is -16.1. The van der Waals surface area contributed by atoms with Gasteiger partial charge in [-0.1, -0.05) is 6.07 Å². The molecule has 5 rings (SSSR count). The number of aliphatic hydroxyl groups excluding tert-OH is 6. The Balaban J connectivity index is 1.30. The summed E-state index contributed by atoms with van der Waals surface area (Å²) in [5.41, 5.74) is 0.255. The minimum Gasteiger partial charge on any atom is -0.507 e. The van der Waals surface area contributed by atoms with Crippen LogP contribution in [0.4, 0.5) is 0 Å². The van der Waals surface area contributed by atoms with E-state index in [1.807, 2.05) is 0 Å². The number of aromatic hydroxyl groups is 3. The van der Waals surface area contributed by atoms with Crippen LogP contribution in [0.2, 0.25) is 0 Å². The van der Waals surface area contributed by atoms with Gasteiger partial charge in [-0.2, -0.15) is 0 Å². The molecule has 0 saturated carbocycles. The van der Waals surface area contributed by atoms with Gasteiger partial charge in [0.2, 0.25) is 6.29 Å². The minimum atomic E-state index is -1.78. The van der Waals surface area contributed by atoms with E-state index in [4.69, 9.17) is 23.7 Å². The highest BCUT2D eigenvalue weighted by molar-refractivity contribution is 6.02. The first-order valence-electron chi connectivity index (χ1n) is 13.1. The molecule has 3 heterocycles. The summed E-state index contributed by atoms with van der Waals surface area (Å²) < 4.78 is 27.9. The van der Waals surface area contributed by atoms with Crippen molar-refractivity contribution >= 4 is 5.78 Å². The van der Waals surface area contributed by atoms with Gasteiger partial charge in [0.1, 0.15) is 71.6 Å². The van der Waals surface area contributed by atoms with Gasteiger partial charge in [0.05, 0.1) is 19.1 Å². The first-order valence-corrected chi connectivity index (χ1v) is 13.1. The fourth-order valence-electron chi connectivity index (χ4n) is 5.04. The van der Waals surface area contributed by atoms with Gasteiger partial charge in [0.25, 0.3) is 0 Å². The van der Waals surface area contributed by atoms with Crippen LogP contribution < -0.4 is 9.47 Å². The number of ketones is 1. The highest BCUT2D eigenvalue weighted by atomic mass is 16.7. The van der Waals surface area contributed by atoms with Crippen molar-refractivity contribution in [3.05, 3.63) is 41.5 Å². The van der Waals surface area contributed by atoms with Crippen molar-refractivity contribution in [2.24, 2.45) is 0 Å². The number of ether oxygens (including phenoxy) is 5. The number of Topliss-reactive ketones (excluding diaryl/α,β-unsaturated/α-hetero) is 1. The lowest BCUT2D eigenvalue weighted by Gasteiger charge is -2.42. The zero-order valence-electron chi connectivity index (χ0n) is 22.1. The zero-order valence-corrected chi connectivity index (χ0v) is 22.1. The Labute approximate surface area is 238 Å². The fraction of sp³-hybridized carbons (Fsp3) is 0.519. The standard InChI is InChI=1S/C27H32O15/c1-9-20(32)22(34)24(36)26(39-9)38-8-18-21(33)23(35)25(37)27(42-18)40-11-5-14(30)19-15(31)7-16(41-17(19)6-11)10-2-3-12(28)13(29)4-10/h2-6,9,16,18,20-30,32-37H,7-8H2,1H3/t9-,16-,18+,20-,21+,22+,23+,24+,25-,26+,27+/m0/s1. The number of aliphatic hydroxyl groups is 6. The Morgan fingerprint density at radius 1 is 0.786 bits per heavy atom. The molecule has 2 aromatic rings. The summed E-state index contributed by atoms with van der Waals surface area (Å²) in [7, 11) is 0. The molecule has 0 bridgehead atoms. The molecule has 3 aliphatic heterocycles. The fourth-order valence-corrected chi connectivity index (χ4v) is 5.04. The highest BCUT2D eigenvalue weighted by Gasteiger charge is 2.47. The van der Waals surface area contributed by atoms with E-state index in [0.29, 0.717) is 5.56 Å². The van der Waals surface area contributed by atoms with Crippen LogP contribution in [-0.4, -0.2) is 120 Å². The minimum absolute atomic E-state index is 0.0807. The molecule has 2 fully saturated rings. The van der Waals surface area contributed by atoms with Crippen molar-refractivity contribution in [1.29, 1.82) is 0 Å². The Bertz CT molecular complexity index is 1300. The van der Waals surface area contributed by atoms with Crippen LogP contribution >= 0.6 is 0 Å². The lowest BCUT2D eigenvalue weighted by Crippen LogP contribution is -2.61. The molecule has 15 heteroatoms. The second-order valence-corrected chi connectivity index (χ2v) is 10.4. The predicted molar refractivity (Wildman–Crippen MR) is 136 cm³/mol. The monoisotopic (exact) mass is 596 g/mol. The van der Waals surface area contributed by atoms with Gasteiger partial charge in [-0.15, -0.1) is 0 Å². The Morgan fingerprint density at radius 2 is 1.48 bits per heavy atom. The maximum atomic E-state index is 12.8. The van der Waals surface area contributed by atoms with E-state index in [2.05, 4.69) is 0 Å². The van der Waals surface area contributed by atoms with Crippen LogP contribution in [0.3, 0.4) is 0 Å². The number of benzene rings is 2. The van der Waals surface area contributed by atoms with Gasteiger partial charge in [-0.25, -0.2) is 0 Å². The molecule has 3 aliphatic rings. The van der Waals surface area contributed by atoms with E-state index in [0.717, 1.165) is 6.07 Å². The van der Waals surface area contributed by atoms with Crippen LogP contribution in [0.5, 0.6) is 28.7 Å². The van der Waals surface area contributed by atoms with Crippen LogP contribution in [-0.2, 0) is 14.2 Å². The zero-order chi connectivity index (χ0) is 30.5. The number of fused-ring (bicyclic) bond motifs is 1. The van der Waals surface area contributed by atoms with E-state index in [-0.39, 0.29) is 29.2 Å². The van der Waals surface area contributed by atoms with Crippen molar-refractivity contribution in [2.45, 2.75) is 80.9 Å². The number of carbonyl (C=O) groups is 1. The van der Waals surface area contributed by atoms with Crippen LogP contribution in [0.15, 0.2) is 30.3 Å². The van der Waals surface area contributed by atoms with Crippen molar-refractivity contribution in [1.82, 2.24) is 0 Å². The van der Waals surface area contributed by atoms with E-state index in [9.17, 15) is 50.8 Å². The third-order valence-corrected chi connectivity index (χ3v) is 7.50. The maximum Gasteiger partial charge on any atom is 0.229 e. The van der Waals surface area contributed by atoms with Gasteiger partial charge < -0.3 is 69.6 Å². The van der Waals surface area contributed by atoms with E-state index in [1.54, 1.807) is 0 Å². The van der Waals surface area contributed by atoms with Gasteiger partial charge in [0.15, 0.2) is 23.6 Å². The third kappa shape index (κ3) is 5.70. The molecule has 11 atom stereocenters. The summed E-state index contributed by atoms with van der Waals surface area (Å²) in [6, 6.07) is 6.26. The molecule has 0 aliphatic carbocycles. The Morgan fingerprint density at radius 3 is 2.19 bits per heavy atom. The van der Waals surface area contributed by atoms with Gasteiger partial charge in [-0.3, -0.25) is 4.79 Å². The number of hydrogen-bond acceptors (Lipinski definition) is 15. The predicted octanol–water partition coefficient (Wildman–Crippen LogP) is -1.46. The number of carbonyl (C=O) groups excluding carboxylic acids is 1. The number of hydrogen-bond donors (Lipinski definition) is 9. The molecule has 9 N–H and O–H groups in total. The number of phenols is 3. The maximum absolute atomic E-state index is 12.8. The lowest BCUT2D eigenvalue weighted by atomic mass is 9.95. The molecule has 2 aromatic carbocycles. The average Bonchev–Trinajstić information content (AvgIpc) is 2.95. The summed E-state index contributed by atoms with van der Waals surface area (Å²) in [5, 5.41) is 91.3. The SMILES string of the molecule is C[C@@H]1O[C@@H](OC[C@H]2O[C@@H](Oc3cc(O)c4c(c3)O[C@H](c3ccc(O)c(O)c3)CC4=O)[C@@H](O)[C@H](O)[C@@H]2O)[C@H](O)[C@H](O)[C@H]1O. The lowest BCUT2D eigenvalue weighted by molar-refractivity contribution is -0.318. The Hall–Kier alpha value is -3.25. The molecule has 230 valence electrons. The quantitative estimate of drug-likeness (QED) is 0.173. The van der Waals surface area contributed by atoms with Crippen LogP contribution in [0.1, 0.15) is 35.4 Å².